The topological polar surface area (TPSA) is 62.2 Å². The number of hydrogen-bond acceptors (Lipinski definition) is 5. The first-order valence-corrected chi connectivity index (χ1v) is 7.32. The summed E-state index contributed by atoms with van der Waals surface area (Å²) in [5.74, 6) is 0.104. The Morgan fingerprint density at radius 1 is 1.71 bits per heavy atom. The van der Waals surface area contributed by atoms with Gasteiger partial charge in [0.05, 0.1) is 0 Å². The number of nitrogens with zero attached hydrogens (tertiary/aromatic N) is 1. The van der Waals surface area contributed by atoms with Crippen molar-refractivity contribution in [1.29, 1.82) is 0 Å². The van der Waals surface area contributed by atoms with Crippen LogP contribution in [-0.4, -0.2) is 34.4 Å². The maximum absolute atomic E-state index is 11.0. The molecule has 0 aromatic carbocycles. The van der Waals surface area contributed by atoms with Gasteiger partial charge in [0.15, 0.2) is 0 Å². The predicted molar refractivity (Wildman–Crippen MR) is 71.9 cm³/mol. The van der Waals surface area contributed by atoms with Crippen LogP contribution >= 0.6 is 23.1 Å². The van der Waals surface area contributed by atoms with Crippen LogP contribution in [0.25, 0.3) is 0 Å². The van der Waals surface area contributed by atoms with Crippen molar-refractivity contribution in [1.82, 2.24) is 10.3 Å². The van der Waals surface area contributed by atoms with Gasteiger partial charge in [0.2, 0.25) is 0 Å². The lowest BCUT2D eigenvalue weighted by Gasteiger charge is -2.23. The maximum atomic E-state index is 11.0. The Hall–Kier alpha value is -0.590. The lowest BCUT2D eigenvalue weighted by Crippen LogP contribution is -2.47. The van der Waals surface area contributed by atoms with Crippen molar-refractivity contribution in [2.45, 2.75) is 36.6 Å². The summed E-state index contributed by atoms with van der Waals surface area (Å²) in [6.07, 6.45) is 1.48. The van der Waals surface area contributed by atoms with Crippen molar-refractivity contribution >= 4 is 29.1 Å². The van der Waals surface area contributed by atoms with E-state index in [1.165, 1.54) is 0 Å². The molecule has 1 heterocycles. The molecule has 1 aromatic rings. The SMILES string of the molecule is CNC(C)(CCCSc1nc(C)cs1)C(=O)O. The first-order chi connectivity index (χ1) is 7.98. The highest BCUT2D eigenvalue weighted by molar-refractivity contribution is 8.00. The number of aryl methyl sites for hydroxylation is 1. The van der Waals surface area contributed by atoms with E-state index in [2.05, 4.69) is 10.3 Å². The third-order valence-electron chi connectivity index (χ3n) is 2.67. The summed E-state index contributed by atoms with van der Waals surface area (Å²) in [4.78, 5) is 15.4. The largest absolute Gasteiger partial charge is 0.480 e. The Labute approximate surface area is 110 Å². The minimum absolute atomic E-state index is 0.621. The fraction of sp³-hybridized carbons (Fsp3) is 0.636. The second kappa shape index (κ2) is 6.37. The first-order valence-electron chi connectivity index (χ1n) is 5.45. The molecule has 2 N–H and O–H groups in total. The molecular formula is C11H18N2O2S2. The van der Waals surface area contributed by atoms with Gasteiger partial charge in [0.1, 0.15) is 9.88 Å². The van der Waals surface area contributed by atoms with Gasteiger partial charge in [-0.3, -0.25) is 4.79 Å². The second-order valence-corrected chi connectivity index (χ2v) is 6.29. The summed E-state index contributed by atoms with van der Waals surface area (Å²) in [5, 5.41) is 14.0. The standard InChI is InChI=1S/C11H18N2O2S2/c1-8-7-17-10(13-8)16-6-4-5-11(2,12-3)9(14)15/h7,12H,4-6H2,1-3H3,(H,14,15). The fourth-order valence-corrected chi connectivity index (χ4v) is 3.18. The molecule has 17 heavy (non-hydrogen) atoms. The summed E-state index contributed by atoms with van der Waals surface area (Å²) >= 11 is 3.33. The minimum atomic E-state index is -0.820. The average Bonchev–Trinajstić information content (AvgIpc) is 2.70. The Kier molecular flexibility index (Phi) is 5.42. The molecule has 6 heteroatoms. The van der Waals surface area contributed by atoms with Crippen LogP contribution in [-0.2, 0) is 4.79 Å². The zero-order chi connectivity index (χ0) is 12.9. The third kappa shape index (κ3) is 4.29. The summed E-state index contributed by atoms with van der Waals surface area (Å²) in [7, 11) is 1.69. The number of aliphatic carboxylic acids is 1. The summed E-state index contributed by atoms with van der Waals surface area (Å²) in [5.41, 5.74) is 0.224. The van der Waals surface area contributed by atoms with Gasteiger partial charge in [-0.1, -0.05) is 11.8 Å². The van der Waals surface area contributed by atoms with Crippen LogP contribution in [0, 0.1) is 6.92 Å². The molecule has 1 atom stereocenters. The molecule has 1 aromatic heterocycles. The second-order valence-electron chi connectivity index (χ2n) is 4.09. The van der Waals surface area contributed by atoms with E-state index < -0.39 is 11.5 Å². The monoisotopic (exact) mass is 274 g/mol. The van der Waals surface area contributed by atoms with E-state index in [0.29, 0.717) is 6.42 Å². The van der Waals surface area contributed by atoms with Gasteiger partial charge in [-0.2, -0.15) is 0 Å². The molecule has 1 unspecified atom stereocenters. The van der Waals surface area contributed by atoms with Crippen LogP contribution in [0.5, 0.6) is 0 Å². The Bertz CT molecular complexity index is 381. The van der Waals surface area contributed by atoms with E-state index in [4.69, 9.17) is 5.11 Å². The Balaban J connectivity index is 2.30. The van der Waals surface area contributed by atoms with Crippen LogP contribution in [0.1, 0.15) is 25.5 Å². The maximum Gasteiger partial charge on any atom is 0.323 e. The highest BCUT2D eigenvalue weighted by atomic mass is 32.2. The summed E-state index contributed by atoms with van der Waals surface area (Å²) in [6, 6.07) is 0. The Morgan fingerprint density at radius 3 is 2.88 bits per heavy atom. The van der Waals surface area contributed by atoms with Gasteiger partial charge < -0.3 is 10.4 Å². The molecule has 0 aliphatic rings. The van der Waals surface area contributed by atoms with Gasteiger partial charge in [0.25, 0.3) is 0 Å². The van der Waals surface area contributed by atoms with Crippen molar-refractivity contribution < 1.29 is 9.90 Å². The molecular weight excluding hydrogens is 256 g/mol. The van der Waals surface area contributed by atoms with Gasteiger partial charge in [0, 0.05) is 16.8 Å². The molecule has 96 valence electrons. The molecule has 0 bridgehead atoms. The molecule has 0 amide bonds. The molecule has 0 aliphatic carbocycles. The third-order valence-corrected chi connectivity index (χ3v) is 4.89. The van der Waals surface area contributed by atoms with E-state index in [-0.39, 0.29) is 0 Å². The lowest BCUT2D eigenvalue weighted by atomic mass is 9.97. The normalized spacial score (nSPS) is 14.5. The number of rotatable bonds is 7. The van der Waals surface area contributed by atoms with Crippen molar-refractivity contribution in [2.75, 3.05) is 12.8 Å². The molecule has 1 rings (SSSR count). The van der Waals surface area contributed by atoms with Crippen molar-refractivity contribution in [3.05, 3.63) is 11.1 Å². The number of thiazole rings is 1. The molecule has 0 fully saturated rings. The number of carbonyl (C=O) groups is 1. The number of nitrogens with one attached hydrogen (secondary N) is 1. The van der Waals surface area contributed by atoms with Crippen LogP contribution < -0.4 is 5.32 Å². The number of thioether (sulfide) groups is 1. The minimum Gasteiger partial charge on any atom is -0.480 e. The van der Waals surface area contributed by atoms with Crippen LogP contribution in [0.15, 0.2) is 9.72 Å². The highest BCUT2D eigenvalue weighted by Gasteiger charge is 2.30. The summed E-state index contributed by atoms with van der Waals surface area (Å²) in [6.45, 7) is 3.69. The van der Waals surface area contributed by atoms with E-state index in [0.717, 1.165) is 22.2 Å². The molecule has 0 radical (unpaired) electrons. The zero-order valence-corrected chi connectivity index (χ0v) is 12.0. The molecule has 0 saturated carbocycles. The predicted octanol–water partition coefficient (Wildman–Crippen LogP) is 2.39. The number of aromatic nitrogens is 1. The molecule has 0 saturated heterocycles. The number of carboxylic acid groups (broad SMARTS) is 1. The fourth-order valence-electron chi connectivity index (χ4n) is 1.32. The van der Waals surface area contributed by atoms with E-state index in [1.807, 2.05) is 12.3 Å². The number of likely N-dealkylation sites (N-methyl/N-ethyl adjacent to an activating group) is 1. The molecule has 0 spiro atoms. The van der Waals surface area contributed by atoms with E-state index in [9.17, 15) is 4.79 Å². The molecule has 0 aliphatic heterocycles. The number of carboxylic acids is 1. The smallest absolute Gasteiger partial charge is 0.323 e. The van der Waals surface area contributed by atoms with Gasteiger partial charge in [-0.25, -0.2) is 4.98 Å². The average molecular weight is 274 g/mol. The highest BCUT2D eigenvalue weighted by Crippen LogP contribution is 2.24. The zero-order valence-electron chi connectivity index (χ0n) is 10.3. The molecule has 4 nitrogen and oxygen atoms in total. The summed E-state index contributed by atoms with van der Waals surface area (Å²) < 4.78 is 1.06. The van der Waals surface area contributed by atoms with Gasteiger partial charge in [-0.15, -0.1) is 11.3 Å². The van der Waals surface area contributed by atoms with E-state index >= 15 is 0 Å². The van der Waals surface area contributed by atoms with Crippen LogP contribution in [0.2, 0.25) is 0 Å². The van der Waals surface area contributed by atoms with Gasteiger partial charge in [-0.05, 0) is 33.7 Å². The number of hydrogen-bond donors (Lipinski definition) is 2. The van der Waals surface area contributed by atoms with Gasteiger partial charge >= 0.3 is 5.97 Å². The van der Waals surface area contributed by atoms with Crippen molar-refractivity contribution in [3.63, 3.8) is 0 Å². The van der Waals surface area contributed by atoms with E-state index in [1.54, 1.807) is 37.1 Å². The van der Waals surface area contributed by atoms with Crippen LogP contribution in [0.4, 0.5) is 0 Å². The first kappa shape index (κ1) is 14.5. The van der Waals surface area contributed by atoms with Crippen molar-refractivity contribution in [2.24, 2.45) is 0 Å². The lowest BCUT2D eigenvalue weighted by molar-refractivity contribution is -0.144. The van der Waals surface area contributed by atoms with Crippen molar-refractivity contribution in [3.8, 4) is 0 Å². The quantitative estimate of drug-likeness (QED) is 0.590. The van der Waals surface area contributed by atoms with Crippen LogP contribution in [0.3, 0.4) is 0 Å². The Morgan fingerprint density at radius 2 is 2.41 bits per heavy atom.